The molecule has 5 rings (SSSR count). The molecule has 0 bridgehead atoms. The third kappa shape index (κ3) is 3.99. The zero-order valence-corrected chi connectivity index (χ0v) is 18.8. The van der Waals surface area contributed by atoms with Gasteiger partial charge in [0.1, 0.15) is 0 Å². The molecule has 2 aliphatic rings. The summed E-state index contributed by atoms with van der Waals surface area (Å²) in [6.07, 6.45) is 3.62. The molecular weight excluding hydrogens is 434 g/mol. The normalized spacial score (nSPS) is 21.8. The molecular formula is C27H28BrNO. The Bertz CT molecular complexity index is 975. The number of likely N-dealkylation sites (tertiary alicyclic amines) is 1. The number of hydrogen-bond donors (Lipinski definition) is 0. The van der Waals surface area contributed by atoms with Crippen molar-refractivity contribution in [1.29, 1.82) is 0 Å². The van der Waals surface area contributed by atoms with E-state index in [4.69, 9.17) is 4.74 Å². The molecule has 3 heteroatoms. The van der Waals surface area contributed by atoms with Gasteiger partial charge >= 0.3 is 0 Å². The summed E-state index contributed by atoms with van der Waals surface area (Å²) >= 11 is 3.85. The van der Waals surface area contributed by atoms with Gasteiger partial charge in [-0.25, -0.2) is 0 Å². The van der Waals surface area contributed by atoms with E-state index in [0.29, 0.717) is 24.6 Å². The lowest BCUT2D eigenvalue weighted by Gasteiger charge is -2.38. The van der Waals surface area contributed by atoms with Gasteiger partial charge in [0.15, 0.2) is 0 Å². The van der Waals surface area contributed by atoms with E-state index in [1.165, 1.54) is 40.4 Å². The van der Waals surface area contributed by atoms with Crippen molar-refractivity contribution in [2.45, 2.75) is 43.9 Å². The van der Waals surface area contributed by atoms with Crippen LogP contribution in [0.3, 0.4) is 0 Å². The van der Waals surface area contributed by atoms with Crippen LogP contribution in [0.4, 0.5) is 0 Å². The monoisotopic (exact) mass is 461 g/mol. The lowest BCUT2D eigenvalue weighted by molar-refractivity contribution is 0.0399. The lowest BCUT2D eigenvalue weighted by Crippen LogP contribution is -2.39. The third-order valence-electron chi connectivity index (χ3n) is 6.78. The van der Waals surface area contributed by atoms with Crippen LogP contribution in [0.15, 0.2) is 83.3 Å². The minimum Gasteiger partial charge on any atom is -0.375 e. The van der Waals surface area contributed by atoms with E-state index in [1.807, 2.05) is 0 Å². The van der Waals surface area contributed by atoms with Gasteiger partial charge in [0.25, 0.3) is 0 Å². The molecule has 1 aliphatic heterocycles. The fourth-order valence-electron chi connectivity index (χ4n) is 5.41. The Kier molecular flexibility index (Phi) is 6.03. The van der Waals surface area contributed by atoms with Gasteiger partial charge in [0.05, 0.1) is 19.3 Å². The second-order valence-electron chi connectivity index (χ2n) is 8.48. The zero-order chi connectivity index (χ0) is 20.3. The van der Waals surface area contributed by atoms with Crippen LogP contribution < -0.4 is 0 Å². The molecule has 3 atom stereocenters. The van der Waals surface area contributed by atoms with Crippen LogP contribution in [-0.2, 0) is 17.8 Å². The van der Waals surface area contributed by atoms with Crippen molar-refractivity contribution in [1.82, 2.24) is 4.90 Å². The summed E-state index contributed by atoms with van der Waals surface area (Å²) < 4.78 is 7.56. The molecule has 3 unspecified atom stereocenters. The quantitative estimate of drug-likeness (QED) is 0.414. The van der Waals surface area contributed by atoms with E-state index in [2.05, 4.69) is 99.7 Å². The highest BCUT2D eigenvalue weighted by atomic mass is 79.9. The summed E-state index contributed by atoms with van der Waals surface area (Å²) in [5, 5.41) is 0. The fraction of sp³-hybridized carbons (Fsp3) is 0.333. The van der Waals surface area contributed by atoms with Crippen LogP contribution in [0.2, 0.25) is 0 Å². The van der Waals surface area contributed by atoms with Gasteiger partial charge in [-0.05, 0) is 54.1 Å². The summed E-state index contributed by atoms with van der Waals surface area (Å²) in [6, 6.07) is 29.0. The van der Waals surface area contributed by atoms with Gasteiger partial charge in [0.2, 0.25) is 0 Å². The summed E-state index contributed by atoms with van der Waals surface area (Å²) in [5.74, 6) is 0.615. The summed E-state index contributed by atoms with van der Waals surface area (Å²) in [7, 11) is 0. The van der Waals surface area contributed by atoms with E-state index in [0.717, 1.165) is 13.2 Å². The Morgan fingerprint density at radius 2 is 1.67 bits per heavy atom. The van der Waals surface area contributed by atoms with Crippen molar-refractivity contribution in [3.8, 4) is 0 Å². The standard InChI is InChI=1S/C27H28BrNO/c28-24-13-7-12-22-14-15-25-23(27(22)24)16-17-29(25)26(21-10-5-2-6-11-21)19-30-18-20-8-3-1-4-9-20/h1-13,23,25-26H,14-19H2. The van der Waals surface area contributed by atoms with Crippen molar-refractivity contribution in [2.24, 2.45) is 0 Å². The molecule has 1 fully saturated rings. The Hall–Kier alpha value is -1.94. The third-order valence-corrected chi connectivity index (χ3v) is 7.48. The van der Waals surface area contributed by atoms with Gasteiger partial charge < -0.3 is 4.74 Å². The number of halogens is 1. The average molecular weight is 462 g/mol. The van der Waals surface area contributed by atoms with Crippen molar-refractivity contribution < 1.29 is 4.74 Å². The molecule has 30 heavy (non-hydrogen) atoms. The minimum absolute atomic E-state index is 0.300. The van der Waals surface area contributed by atoms with Gasteiger partial charge in [-0.15, -0.1) is 0 Å². The highest BCUT2D eigenvalue weighted by molar-refractivity contribution is 9.10. The van der Waals surface area contributed by atoms with Crippen LogP contribution >= 0.6 is 15.9 Å². The van der Waals surface area contributed by atoms with Gasteiger partial charge in [-0.2, -0.15) is 0 Å². The molecule has 0 N–H and O–H groups in total. The molecule has 0 aromatic heterocycles. The van der Waals surface area contributed by atoms with Gasteiger partial charge in [-0.1, -0.05) is 88.7 Å². The van der Waals surface area contributed by atoms with E-state index in [-0.39, 0.29) is 0 Å². The summed E-state index contributed by atoms with van der Waals surface area (Å²) in [5.41, 5.74) is 5.68. The molecule has 2 nitrogen and oxygen atoms in total. The molecule has 0 radical (unpaired) electrons. The van der Waals surface area contributed by atoms with Crippen molar-refractivity contribution >= 4 is 15.9 Å². The molecule has 1 heterocycles. The Balaban J connectivity index is 1.38. The molecule has 1 aliphatic carbocycles. The molecule has 3 aromatic carbocycles. The van der Waals surface area contributed by atoms with Crippen LogP contribution in [-0.4, -0.2) is 24.1 Å². The highest BCUT2D eigenvalue weighted by Crippen LogP contribution is 2.47. The number of ether oxygens (including phenoxy) is 1. The maximum atomic E-state index is 6.27. The molecule has 0 spiro atoms. The number of benzene rings is 3. The summed E-state index contributed by atoms with van der Waals surface area (Å²) in [6.45, 7) is 2.52. The molecule has 3 aromatic rings. The lowest BCUT2D eigenvalue weighted by atomic mass is 9.79. The van der Waals surface area contributed by atoms with Gasteiger partial charge in [0, 0.05) is 16.4 Å². The number of hydrogen-bond acceptors (Lipinski definition) is 2. The molecule has 0 saturated carbocycles. The maximum Gasteiger partial charge on any atom is 0.0717 e. The number of nitrogens with zero attached hydrogens (tertiary/aromatic N) is 1. The van der Waals surface area contributed by atoms with Gasteiger partial charge in [-0.3, -0.25) is 4.90 Å². The Morgan fingerprint density at radius 3 is 2.47 bits per heavy atom. The highest BCUT2D eigenvalue weighted by Gasteiger charge is 2.42. The van der Waals surface area contributed by atoms with Crippen molar-refractivity contribution in [3.05, 3.63) is 106 Å². The van der Waals surface area contributed by atoms with E-state index >= 15 is 0 Å². The smallest absolute Gasteiger partial charge is 0.0717 e. The number of rotatable bonds is 6. The predicted molar refractivity (Wildman–Crippen MR) is 126 cm³/mol. The number of aryl methyl sites for hydroxylation is 1. The van der Waals surface area contributed by atoms with E-state index < -0.39 is 0 Å². The van der Waals surface area contributed by atoms with E-state index in [1.54, 1.807) is 5.56 Å². The second-order valence-corrected chi connectivity index (χ2v) is 9.33. The van der Waals surface area contributed by atoms with Crippen molar-refractivity contribution in [2.75, 3.05) is 13.2 Å². The van der Waals surface area contributed by atoms with Crippen molar-refractivity contribution in [3.63, 3.8) is 0 Å². The fourth-order valence-corrected chi connectivity index (χ4v) is 6.11. The molecule has 0 amide bonds. The first-order chi connectivity index (χ1) is 14.8. The zero-order valence-electron chi connectivity index (χ0n) is 17.2. The van der Waals surface area contributed by atoms with Crippen LogP contribution in [0.5, 0.6) is 0 Å². The predicted octanol–water partition coefficient (Wildman–Crippen LogP) is 6.51. The maximum absolute atomic E-state index is 6.27. The average Bonchev–Trinajstić information content (AvgIpc) is 3.22. The molecule has 154 valence electrons. The topological polar surface area (TPSA) is 12.5 Å². The molecule has 1 saturated heterocycles. The van der Waals surface area contributed by atoms with Crippen LogP contribution in [0.1, 0.15) is 47.1 Å². The van der Waals surface area contributed by atoms with E-state index in [9.17, 15) is 0 Å². The second kappa shape index (κ2) is 9.05. The first-order valence-corrected chi connectivity index (χ1v) is 11.8. The first kappa shape index (κ1) is 20.0. The minimum atomic E-state index is 0.300. The number of fused-ring (bicyclic) bond motifs is 3. The van der Waals surface area contributed by atoms with Crippen LogP contribution in [0.25, 0.3) is 0 Å². The Labute approximate surface area is 188 Å². The summed E-state index contributed by atoms with van der Waals surface area (Å²) in [4.78, 5) is 2.73. The van der Waals surface area contributed by atoms with Crippen LogP contribution in [0, 0.1) is 0 Å². The SMILES string of the molecule is Brc1cccc2c1C1CCN(C(COCc3ccccc3)c3ccccc3)C1CC2. The first-order valence-electron chi connectivity index (χ1n) is 11.0. The Morgan fingerprint density at radius 1 is 0.900 bits per heavy atom. The largest absolute Gasteiger partial charge is 0.375 e.